The summed E-state index contributed by atoms with van der Waals surface area (Å²) in [4.78, 5) is 16.6. The van der Waals surface area contributed by atoms with E-state index in [1.54, 1.807) is 42.5 Å². The molecule has 2 aromatic rings. The molecule has 4 rings (SSSR count). The Morgan fingerprint density at radius 2 is 1.93 bits per heavy atom. The summed E-state index contributed by atoms with van der Waals surface area (Å²) in [5.74, 6) is 3.31. The van der Waals surface area contributed by atoms with E-state index >= 15 is 0 Å². The van der Waals surface area contributed by atoms with Gasteiger partial charge in [0.1, 0.15) is 23.3 Å². The van der Waals surface area contributed by atoms with Crippen molar-refractivity contribution in [2.45, 2.75) is 43.5 Å². The molecular weight excluding hydrogens is 589 g/mol. The Morgan fingerprint density at radius 3 is 2.58 bits per heavy atom. The number of nitrogens with zero attached hydrogens (tertiary/aromatic N) is 3. The van der Waals surface area contributed by atoms with Gasteiger partial charge in [-0.05, 0) is 42.7 Å². The predicted molar refractivity (Wildman–Crippen MR) is 153 cm³/mol. The summed E-state index contributed by atoms with van der Waals surface area (Å²) in [5.41, 5.74) is 12.4. The monoisotopic (exact) mass is 622 g/mol. The van der Waals surface area contributed by atoms with Gasteiger partial charge in [0.25, 0.3) is 0 Å². The second-order valence-corrected chi connectivity index (χ2v) is 12.2. The minimum Gasteiger partial charge on any atom is -0.488 e. The number of carbonyl (C=O) groups is 1. The maximum atomic E-state index is 13.5. The van der Waals surface area contributed by atoms with Gasteiger partial charge in [-0.25, -0.2) is 19.1 Å². The fraction of sp³-hybridized carbons (Fsp3) is 0.357. The number of halogens is 3. The molecule has 1 heterocycles. The second-order valence-electron chi connectivity index (χ2n) is 10.3. The zero-order valence-electron chi connectivity index (χ0n) is 23.2. The summed E-state index contributed by atoms with van der Waals surface area (Å²) in [7, 11) is -3.90. The van der Waals surface area contributed by atoms with Gasteiger partial charge in [-0.15, -0.1) is 0 Å². The third kappa shape index (κ3) is 7.66. The first-order valence-electron chi connectivity index (χ1n) is 13.4. The van der Waals surface area contributed by atoms with Gasteiger partial charge in [0.15, 0.2) is 0 Å². The van der Waals surface area contributed by atoms with Gasteiger partial charge in [0.05, 0.1) is 23.5 Å². The van der Waals surface area contributed by atoms with Gasteiger partial charge in [-0.2, -0.15) is 17.5 Å². The van der Waals surface area contributed by atoms with E-state index in [1.807, 2.05) is 6.92 Å². The normalized spacial score (nSPS) is 22.7. The number of benzene rings is 2. The average Bonchev–Trinajstić information content (AvgIpc) is 3.73. The number of nitrogens with two attached hydrogens (primary N) is 3. The molecule has 1 fully saturated rings. The molecular formula is C28H33F3N6O5S. The molecule has 1 aliphatic heterocycles. The van der Waals surface area contributed by atoms with Crippen molar-refractivity contribution in [1.82, 2.24) is 9.31 Å². The fourth-order valence-electron chi connectivity index (χ4n) is 4.89. The van der Waals surface area contributed by atoms with Crippen LogP contribution in [0.25, 0.3) is 0 Å². The second kappa shape index (κ2) is 12.7. The highest BCUT2D eigenvalue weighted by Crippen LogP contribution is 2.46. The molecule has 0 bridgehead atoms. The third-order valence-corrected chi connectivity index (χ3v) is 8.91. The van der Waals surface area contributed by atoms with Crippen LogP contribution in [0.4, 0.5) is 18.9 Å². The number of hydrogen-bond donors (Lipinski definition) is 4. The summed E-state index contributed by atoms with van der Waals surface area (Å²) in [5, 5.41) is 10.2. The number of sulfonamides is 1. The van der Waals surface area contributed by atoms with Crippen LogP contribution in [0.5, 0.6) is 5.75 Å². The van der Waals surface area contributed by atoms with E-state index < -0.39 is 40.5 Å². The van der Waals surface area contributed by atoms with Crippen molar-refractivity contribution in [3.05, 3.63) is 77.8 Å². The largest absolute Gasteiger partial charge is 0.488 e. The van der Waals surface area contributed by atoms with Gasteiger partial charge < -0.3 is 26.3 Å². The maximum absolute atomic E-state index is 13.5. The minimum absolute atomic E-state index is 0.00101. The lowest BCUT2D eigenvalue weighted by atomic mass is 10.0. The van der Waals surface area contributed by atoms with Gasteiger partial charge in [0.2, 0.25) is 10.0 Å². The standard InChI is InChI=1S/C28H33F3N6O5S/c1-2-19-14-37(43(40,41)25-9-4-3-8-24(25)42-19)13-17-6-5-7-18(10-17)35-26(22(12-32)27(38)39)21-11-20(21)23(33)15-36(34)16-28(29,30)31/h3-10,12,15,19-21H,2,11,13-14,16,32-34H2,1H3,(H,38,39)/b22-12?,23-15-,35-26?/t19-,20?,21-/m1/s1. The number of carboxylic acid groups (broad SMARTS) is 1. The van der Waals surface area contributed by atoms with Crippen LogP contribution in [-0.4, -0.2) is 59.9 Å². The van der Waals surface area contributed by atoms with Crippen LogP contribution in [-0.2, 0) is 21.4 Å². The summed E-state index contributed by atoms with van der Waals surface area (Å²) >= 11 is 0. The highest BCUT2D eigenvalue weighted by Gasteiger charge is 2.45. The van der Waals surface area contributed by atoms with Gasteiger partial charge in [-0.1, -0.05) is 31.2 Å². The Morgan fingerprint density at radius 1 is 1.21 bits per heavy atom. The Kier molecular flexibility index (Phi) is 9.37. The molecule has 1 unspecified atom stereocenters. The lowest BCUT2D eigenvalue weighted by Gasteiger charge is -2.22. The number of carboxylic acids is 1. The van der Waals surface area contributed by atoms with E-state index in [1.165, 1.54) is 10.4 Å². The van der Waals surface area contributed by atoms with Crippen LogP contribution in [0.1, 0.15) is 25.3 Å². The molecule has 0 radical (unpaired) electrons. The molecule has 0 spiro atoms. The van der Waals surface area contributed by atoms with Crippen LogP contribution >= 0.6 is 0 Å². The van der Waals surface area contributed by atoms with E-state index in [2.05, 4.69) is 4.99 Å². The minimum atomic E-state index is -4.54. The zero-order chi connectivity index (χ0) is 31.5. The van der Waals surface area contributed by atoms with E-state index in [-0.39, 0.29) is 46.8 Å². The fourth-order valence-corrected chi connectivity index (χ4v) is 6.47. The molecule has 232 valence electrons. The smallest absolute Gasteiger partial charge is 0.407 e. The van der Waals surface area contributed by atoms with Crippen molar-refractivity contribution in [3.8, 4) is 5.75 Å². The van der Waals surface area contributed by atoms with Crippen molar-refractivity contribution in [3.63, 3.8) is 0 Å². The quantitative estimate of drug-likeness (QED) is 0.134. The molecule has 7 N–H and O–H groups in total. The maximum Gasteiger partial charge on any atom is 0.407 e. The molecule has 11 nitrogen and oxygen atoms in total. The molecule has 43 heavy (non-hydrogen) atoms. The molecule has 0 saturated heterocycles. The van der Waals surface area contributed by atoms with E-state index in [9.17, 15) is 31.5 Å². The SMILES string of the molecule is CC[C@@H]1CN(Cc2cccc(N=C(C(=CN)C(=O)O)[C@@H]3CC3/C(N)=C/N(N)CC(F)(F)F)c2)S(=O)(=O)c2ccccc2O1. The lowest BCUT2D eigenvalue weighted by Crippen LogP contribution is -2.36. The molecule has 15 heteroatoms. The Hall–Kier alpha value is -4.08. The van der Waals surface area contributed by atoms with Crippen LogP contribution < -0.4 is 22.0 Å². The number of para-hydroxylation sites is 1. The Labute approximate surface area is 247 Å². The first kappa shape index (κ1) is 31.8. The van der Waals surface area contributed by atoms with Gasteiger partial charge >= 0.3 is 12.1 Å². The Bertz CT molecular complexity index is 1560. The number of allylic oxidation sites excluding steroid dienone is 1. The number of ether oxygens (including phenoxy) is 1. The Balaban J connectivity index is 1.62. The predicted octanol–water partition coefficient (Wildman–Crippen LogP) is 3.22. The molecule has 0 aromatic heterocycles. The third-order valence-electron chi connectivity index (χ3n) is 7.06. The molecule has 1 aliphatic carbocycles. The van der Waals surface area contributed by atoms with Gasteiger partial charge in [-0.3, -0.25) is 4.99 Å². The molecule has 1 saturated carbocycles. The number of alkyl halides is 3. The summed E-state index contributed by atoms with van der Waals surface area (Å²) in [6, 6.07) is 13.1. The lowest BCUT2D eigenvalue weighted by molar-refractivity contribution is -0.140. The molecule has 2 aromatic carbocycles. The number of aliphatic imine (C=N–C) groups is 1. The zero-order valence-corrected chi connectivity index (χ0v) is 24.1. The average molecular weight is 623 g/mol. The number of hydrazine groups is 1. The number of aliphatic carboxylic acids is 1. The molecule has 3 atom stereocenters. The highest BCUT2D eigenvalue weighted by molar-refractivity contribution is 7.89. The van der Waals surface area contributed by atoms with Gasteiger partial charge in [0, 0.05) is 36.5 Å². The van der Waals surface area contributed by atoms with Crippen molar-refractivity contribution >= 4 is 27.4 Å². The van der Waals surface area contributed by atoms with Crippen molar-refractivity contribution in [1.29, 1.82) is 0 Å². The van der Waals surface area contributed by atoms with Crippen LogP contribution in [0.15, 0.2) is 82.1 Å². The summed E-state index contributed by atoms with van der Waals surface area (Å²) < 4.78 is 72.4. The van der Waals surface area contributed by atoms with E-state index in [4.69, 9.17) is 22.0 Å². The highest BCUT2D eigenvalue weighted by atomic mass is 32.2. The van der Waals surface area contributed by atoms with Crippen molar-refractivity contribution in [2.24, 2.45) is 34.1 Å². The van der Waals surface area contributed by atoms with Crippen LogP contribution in [0.3, 0.4) is 0 Å². The molecule has 0 amide bonds. The van der Waals surface area contributed by atoms with E-state index in [0.717, 1.165) is 12.4 Å². The van der Waals surface area contributed by atoms with Crippen LogP contribution in [0.2, 0.25) is 0 Å². The van der Waals surface area contributed by atoms with Crippen LogP contribution in [0, 0.1) is 11.8 Å². The van der Waals surface area contributed by atoms with Crippen molar-refractivity contribution < 1.29 is 36.2 Å². The van der Waals surface area contributed by atoms with E-state index in [0.29, 0.717) is 29.1 Å². The summed E-state index contributed by atoms with van der Waals surface area (Å²) in [6.07, 6.45) is -2.15. The number of hydrogen-bond acceptors (Lipinski definition) is 9. The van der Waals surface area contributed by atoms with Crippen molar-refractivity contribution in [2.75, 3.05) is 13.1 Å². The number of rotatable bonds is 10. The molecule has 2 aliphatic rings. The first-order valence-corrected chi connectivity index (χ1v) is 14.8. The number of fused-ring (bicyclic) bond motifs is 1. The summed E-state index contributed by atoms with van der Waals surface area (Å²) in [6.45, 7) is 0.610. The topological polar surface area (TPSA) is 178 Å². The first-order chi connectivity index (χ1) is 20.2.